The topological polar surface area (TPSA) is 111 Å². The highest BCUT2D eigenvalue weighted by Gasteiger charge is 2.25. The van der Waals surface area contributed by atoms with E-state index in [9.17, 15) is 14.8 Å². The van der Waals surface area contributed by atoms with Gasteiger partial charge in [0.05, 0.1) is 35.3 Å². The largest absolute Gasteiger partial charge is 0.390 e. The number of alkyl halides is 1. The lowest BCUT2D eigenvalue weighted by Crippen LogP contribution is -2.22. The van der Waals surface area contributed by atoms with Crippen LogP contribution in [0.2, 0.25) is 0 Å². The lowest BCUT2D eigenvalue weighted by atomic mass is 10.0. The van der Waals surface area contributed by atoms with Crippen LogP contribution >= 0.6 is 0 Å². The van der Waals surface area contributed by atoms with E-state index < -0.39 is 11.8 Å². The number of halogens is 1. The summed E-state index contributed by atoms with van der Waals surface area (Å²) in [6.07, 6.45) is 5.85. The number of pyridine rings is 2. The monoisotopic (exact) mass is 447 g/mol. The molecule has 3 aromatic rings. The van der Waals surface area contributed by atoms with E-state index in [1.54, 1.807) is 49.5 Å². The van der Waals surface area contributed by atoms with Crippen LogP contribution < -0.4 is 10.2 Å². The second-order valence-electron chi connectivity index (χ2n) is 8.78. The fourth-order valence-electron chi connectivity index (χ4n) is 3.63. The number of aliphatic hydroxyl groups is 1. The van der Waals surface area contributed by atoms with Crippen LogP contribution in [0.25, 0.3) is 11.3 Å². The Balaban J connectivity index is 1.48. The maximum absolute atomic E-state index is 13.6. The second kappa shape index (κ2) is 9.46. The Bertz CT molecular complexity index is 1150. The van der Waals surface area contributed by atoms with E-state index in [1.165, 1.54) is 0 Å². The third-order valence-electron chi connectivity index (χ3n) is 5.44. The van der Waals surface area contributed by atoms with Crippen LogP contribution in [-0.4, -0.2) is 49.9 Å². The number of nitrogens with one attached hydrogen (secondary N) is 1. The fraction of sp³-hybridized carbons (Fsp3) is 0.375. The Hall–Kier alpha value is -3.64. The molecular weight excluding hydrogens is 421 g/mol. The van der Waals surface area contributed by atoms with E-state index in [-0.39, 0.29) is 6.54 Å². The lowest BCUT2D eigenvalue weighted by Gasteiger charge is -2.18. The van der Waals surface area contributed by atoms with Crippen LogP contribution in [0.4, 0.5) is 21.8 Å². The van der Waals surface area contributed by atoms with Gasteiger partial charge in [0, 0.05) is 30.2 Å². The number of anilines is 3. The van der Waals surface area contributed by atoms with Gasteiger partial charge in [-0.05, 0) is 57.4 Å². The number of nitrogens with zero attached hydrogens (tertiary/aromatic N) is 6. The smallest absolute Gasteiger partial charge is 0.227 e. The maximum atomic E-state index is 13.6. The molecule has 0 bridgehead atoms. The van der Waals surface area contributed by atoms with Gasteiger partial charge in [0.2, 0.25) is 5.95 Å². The number of rotatable bonds is 7. The summed E-state index contributed by atoms with van der Waals surface area (Å²) in [6, 6.07) is 9.43. The Labute approximate surface area is 192 Å². The minimum Gasteiger partial charge on any atom is -0.390 e. The number of hydrogen-bond acceptors (Lipinski definition) is 8. The van der Waals surface area contributed by atoms with Crippen molar-refractivity contribution in [2.24, 2.45) is 0 Å². The van der Waals surface area contributed by atoms with Crippen LogP contribution in [-0.2, 0) is 6.42 Å². The van der Waals surface area contributed by atoms with E-state index in [2.05, 4.69) is 31.3 Å². The zero-order valence-corrected chi connectivity index (χ0v) is 18.7. The maximum Gasteiger partial charge on any atom is 0.227 e. The first kappa shape index (κ1) is 22.6. The van der Waals surface area contributed by atoms with Gasteiger partial charge in [0.15, 0.2) is 0 Å². The SMILES string of the molecule is CC(C)(O)CCc1ccc(Nc2nccc(-c3cnc(N4CC[C@H](F)C4)c(C#N)c3)n2)cn1. The second-order valence-corrected chi connectivity index (χ2v) is 8.78. The Morgan fingerprint density at radius 2 is 2.09 bits per heavy atom. The summed E-state index contributed by atoms with van der Waals surface area (Å²) in [7, 11) is 0. The van der Waals surface area contributed by atoms with Gasteiger partial charge < -0.3 is 15.3 Å². The average Bonchev–Trinajstić information content (AvgIpc) is 3.24. The molecular formula is C24H26FN7O. The van der Waals surface area contributed by atoms with Gasteiger partial charge >= 0.3 is 0 Å². The molecule has 1 atom stereocenters. The van der Waals surface area contributed by atoms with Crippen molar-refractivity contribution in [3.8, 4) is 17.3 Å². The highest BCUT2D eigenvalue weighted by molar-refractivity contribution is 5.67. The molecule has 170 valence electrons. The van der Waals surface area contributed by atoms with E-state index in [4.69, 9.17) is 0 Å². The summed E-state index contributed by atoms with van der Waals surface area (Å²) >= 11 is 0. The van der Waals surface area contributed by atoms with Crippen molar-refractivity contribution >= 4 is 17.5 Å². The van der Waals surface area contributed by atoms with Gasteiger partial charge in [-0.25, -0.2) is 19.3 Å². The normalized spacial score (nSPS) is 16.0. The zero-order chi connectivity index (χ0) is 23.4. The summed E-state index contributed by atoms with van der Waals surface area (Å²) in [5, 5.41) is 22.6. The van der Waals surface area contributed by atoms with E-state index in [1.807, 2.05) is 12.1 Å². The molecule has 1 fully saturated rings. The molecule has 0 radical (unpaired) electrons. The Morgan fingerprint density at radius 3 is 2.76 bits per heavy atom. The van der Waals surface area contributed by atoms with E-state index in [0.717, 1.165) is 11.4 Å². The van der Waals surface area contributed by atoms with Crippen molar-refractivity contribution < 1.29 is 9.50 Å². The first-order chi connectivity index (χ1) is 15.8. The Morgan fingerprint density at radius 1 is 1.24 bits per heavy atom. The molecule has 0 saturated carbocycles. The summed E-state index contributed by atoms with van der Waals surface area (Å²) in [4.78, 5) is 19.5. The van der Waals surface area contributed by atoms with Gasteiger partial charge in [-0.3, -0.25) is 4.98 Å². The molecule has 4 heterocycles. The molecule has 1 saturated heterocycles. The zero-order valence-electron chi connectivity index (χ0n) is 18.7. The van der Waals surface area contributed by atoms with Crippen LogP contribution in [0.1, 0.15) is 37.9 Å². The van der Waals surface area contributed by atoms with Crippen molar-refractivity contribution in [2.75, 3.05) is 23.3 Å². The number of nitriles is 1. The highest BCUT2D eigenvalue weighted by Crippen LogP contribution is 2.27. The molecule has 1 aliphatic rings. The quantitative estimate of drug-likeness (QED) is 0.563. The van der Waals surface area contributed by atoms with E-state index in [0.29, 0.717) is 54.4 Å². The summed E-state index contributed by atoms with van der Waals surface area (Å²) in [5.74, 6) is 0.894. The molecule has 0 spiro atoms. The number of aromatic nitrogens is 4. The van der Waals surface area contributed by atoms with Crippen molar-refractivity contribution in [2.45, 2.75) is 44.9 Å². The lowest BCUT2D eigenvalue weighted by molar-refractivity contribution is 0.0711. The first-order valence-corrected chi connectivity index (χ1v) is 10.9. The predicted molar refractivity (Wildman–Crippen MR) is 124 cm³/mol. The van der Waals surface area contributed by atoms with E-state index >= 15 is 0 Å². The third-order valence-corrected chi connectivity index (χ3v) is 5.44. The van der Waals surface area contributed by atoms with Gasteiger partial charge in [0.25, 0.3) is 0 Å². The highest BCUT2D eigenvalue weighted by atomic mass is 19.1. The molecule has 0 amide bonds. The molecule has 2 N–H and O–H groups in total. The summed E-state index contributed by atoms with van der Waals surface area (Å²) in [6.45, 7) is 4.37. The standard InChI is InChI=1S/C24H26FN7O/c1-24(2,33)8-5-19-3-4-20(14-28-19)30-23-27-9-6-21(31-23)17-11-16(12-26)22(29-13-17)32-10-7-18(25)15-32/h3-4,6,9,11,13-14,18,33H,5,7-8,10,15H2,1-2H3,(H,27,30,31)/t18-/m0/s1. The third kappa shape index (κ3) is 5.79. The molecule has 0 aromatic carbocycles. The number of hydrogen-bond donors (Lipinski definition) is 2. The molecule has 8 nitrogen and oxygen atoms in total. The minimum atomic E-state index is -0.890. The Kier molecular flexibility index (Phi) is 6.47. The molecule has 0 aliphatic carbocycles. The van der Waals surface area contributed by atoms with Gasteiger partial charge in [0.1, 0.15) is 18.1 Å². The predicted octanol–water partition coefficient (Wildman–Crippen LogP) is 3.80. The van der Waals surface area contributed by atoms with Crippen molar-refractivity contribution in [3.63, 3.8) is 0 Å². The fourth-order valence-corrected chi connectivity index (χ4v) is 3.63. The molecule has 1 aliphatic heterocycles. The van der Waals surface area contributed by atoms with Gasteiger partial charge in [-0.1, -0.05) is 0 Å². The molecule has 0 unspecified atom stereocenters. The molecule has 33 heavy (non-hydrogen) atoms. The molecule has 9 heteroatoms. The van der Waals surface area contributed by atoms with Gasteiger partial charge in [-0.2, -0.15) is 5.26 Å². The van der Waals surface area contributed by atoms with Crippen LogP contribution in [0, 0.1) is 11.3 Å². The summed E-state index contributed by atoms with van der Waals surface area (Å²) in [5.41, 5.74) is 2.58. The molecule has 3 aromatic heterocycles. The van der Waals surface area contributed by atoms with Crippen LogP contribution in [0.5, 0.6) is 0 Å². The van der Waals surface area contributed by atoms with Gasteiger partial charge in [-0.15, -0.1) is 0 Å². The van der Waals surface area contributed by atoms with Crippen molar-refractivity contribution in [1.82, 2.24) is 19.9 Å². The average molecular weight is 448 g/mol. The molecule has 4 rings (SSSR count). The summed E-state index contributed by atoms with van der Waals surface area (Å²) < 4.78 is 13.6. The number of aryl methyl sites for hydroxylation is 1. The van der Waals surface area contributed by atoms with Crippen LogP contribution in [0.3, 0.4) is 0 Å². The minimum absolute atomic E-state index is 0.257. The van der Waals surface area contributed by atoms with Crippen LogP contribution in [0.15, 0.2) is 42.9 Å². The van der Waals surface area contributed by atoms with Crippen molar-refractivity contribution in [3.05, 3.63) is 54.1 Å². The van der Waals surface area contributed by atoms with Crippen molar-refractivity contribution in [1.29, 1.82) is 5.26 Å². The first-order valence-electron chi connectivity index (χ1n) is 10.9.